The van der Waals surface area contributed by atoms with Crippen LogP contribution in [0.2, 0.25) is 0 Å². The molecule has 12 nitrogen and oxygen atoms in total. The maximum atomic E-state index is 15.0. The molecule has 14 heteroatoms. The van der Waals surface area contributed by atoms with Crippen molar-refractivity contribution in [1.29, 1.82) is 0 Å². The topological polar surface area (TPSA) is 116 Å². The van der Waals surface area contributed by atoms with Gasteiger partial charge in [0.05, 0.1) is 37.6 Å². The minimum atomic E-state index is -1.02. The van der Waals surface area contributed by atoms with Crippen LogP contribution in [0.25, 0.3) is 5.69 Å². The number of halogens is 2. The largest absolute Gasteiger partial charge is 0.493 e. The van der Waals surface area contributed by atoms with E-state index in [1.54, 1.807) is 17.9 Å². The van der Waals surface area contributed by atoms with Gasteiger partial charge in [-0.3, -0.25) is 0 Å². The van der Waals surface area contributed by atoms with Crippen LogP contribution in [0.1, 0.15) is 38.3 Å². The van der Waals surface area contributed by atoms with Gasteiger partial charge >= 0.3 is 5.69 Å². The predicted octanol–water partition coefficient (Wildman–Crippen LogP) is 4.57. The molecule has 0 bridgehead atoms. The number of ether oxygens (including phenoxy) is 2. The fourth-order valence-corrected chi connectivity index (χ4v) is 7.24. The first-order valence-corrected chi connectivity index (χ1v) is 17.3. The number of benzene rings is 3. The van der Waals surface area contributed by atoms with Crippen LogP contribution < -0.4 is 20.2 Å². The number of hydrogen-bond acceptors (Lipinski definition) is 9. The number of anilines is 2. The second kappa shape index (κ2) is 14.6. The highest BCUT2D eigenvalue weighted by molar-refractivity contribution is 5.54. The molecule has 4 heterocycles. The van der Waals surface area contributed by atoms with Gasteiger partial charge in [-0.25, -0.2) is 32.5 Å². The average Bonchev–Trinajstić information content (AvgIpc) is 3.90. The van der Waals surface area contributed by atoms with Crippen molar-refractivity contribution in [3.05, 3.63) is 113 Å². The van der Waals surface area contributed by atoms with Crippen molar-refractivity contribution >= 4 is 11.4 Å². The van der Waals surface area contributed by atoms with Crippen LogP contribution in [0.3, 0.4) is 0 Å². The van der Waals surface area contributed by atoms with Crippen molar-refractivity contribution < 1.29 is 23.4 Å². The summed E-state index contributed by atoms with van der Waals surface area (Å²) in [5.74, 6) is -0.563. The molecule has 1 N–H and O–H groups in total. The van der Waals surface area contributed by atoms with Crippen LogP contribution in [0.5, 0.6) is 5.75 Å². The Morgan fingerprint density at radius 1 is 0.941 bits per heavy atom. The first kappa shape index (κ1) is 34.4. The summed E-state index contributed by atoms with van der Waals surface area (Å²) in [5, 5.41) is 18.5. The maximum absolute atomic E-state index is 15.0. The first-order chi connectivity index (χ1) is 24.7. The summed E-state index contributed by atoms with van der Waals surface area (Å²) in [6.45, 7) is 7.97. The van der Waals surface area contributed by atoms with Crippen LogP contribution >= 0.6 is 0 Å². The smallest absolute Gasteiger partial charge is 0.350 e. The lowest BCUT2D eigenvalue weighted by Crippen LogP contribution is -2.46. The Morgan fingerprint density at radius 2 is 1.61 bits per heavy atom. The number of aliphatic hydroxyl groups excluding tert-OH is 1. The van der Waals surface area contributed by atoms with Crippen molar-refractivity contribution in [2.75, 3.05) is 49.2 Å². The normalized spacial score (nSPS) is 20.5. The number of piperazine rings is 1. The second-order valence-corrected chi connectivity index (χ2v) is 13.3. The van der Waals surface area contributed by atoms with Crippen LogP contribution in [0.4, 0.5) is 20.2 Å². The number of aliphatic hydroxyl groups is 1. The van der Waals surface area contributed by atoms with Gasteiger partial charge in [-0.15, -0.1) is 0 Å². The Balaban J connectivity index is 0.923. The molecule has 0 radical (unpaired) electrons. The molecule has 2 aliphatic heterocycles. The lowest BCUT2D eigenvalue weighted by atomic mass is 9.87. The molecule has 5 aromatic rings. The highest BCUT2D eigenvalue weighted by Gasteiger charge is 2.44. The molecule has 2 saturated heterocycles. The third-order valence-corrected chi connectivity index (χ3v) is 9.96. The Labute approximate surface area is 294 Å². The zero-order valence-electron chi connectivity index (χ0n) is 28.7. The zero-order valence-corrected chi connectivity index (χ0v) is 28.7. The summed E-state index contributed by atoms with van der Waals surface area (Å²) < 4.78 is 45.6. The SMILES string of the molecule is CC[C@@H](C(C)O)n1ncn(-c2ccc(N3CCN(c4ccc(OC[C@@H]5CO[C@@](Cn6cncn6)(c6ccc(F)cc6F)C5)cc4)CC3)cc2)c1=O. The molecule has 7 rings (SSSR count). The van der Waals surface area contributed by atoms with Crippen molar-refractivity contribution in [3.8, 4) is 11.4 Å². The molecular weight excluding hydrogens is 658 g/mol. The fourth-order valence-electron chi connectivity index (χ4n) is 7.24. The van der Waals surface area contributed by atoms with Crippen LogP contribution in [0.15, 0.2) is 90.5 Å². The third kappa shape index (κ3) is 7.24. The van der Waals surface area contributed by atoms with Crippen molar-refractivity contribution in [2.24, 2.45) is 5.92 Å². The van der Waals surface area contributed by atoms with Crippen molar-refractivity contribution in [1.82, 2.24) is 29.1 Å². The summed E-state index contributed by atoms with van der Waals surface area (Å²) in [5.41, 5.74) is 1.93. The highest BCUT2D eigenvalue weighted by Crippen LogP contribution is 2.42. The van der Waals surface area contributed by atoms with E-state index in [-0.39, 0.29) is 24.2 Å². The molecule has 0 spiro atoms. The molecule has 268 valence electrons. The first-order valence-electron chi connectivity index (χ1n) is 17.3. The minimum absolute atomic E-state index is 0.0121. The Kier molecular flexibility index (Phi) is 9.87. The monoisotopic (exact) mass is 700 g/mol. The van der Waals surface area contributed by atoms with Crippen molar-refractivity contribution in [3.63, 3.8) is 0 Å². The van der Waals surface area contributed by atoms with E-state index in [1.807, 2.05) is 43.3 Å². The van der Waals surface area contributed by atoms with Gasteiger partial charge < -0.3 is 24.4 Å². The molecule has 1 unspecified atom stereocenters. The van der Waals surface area contributed by atoms with Gasteiger partial charge in [0.15, 0.2) is 0 Å². The molecule has 0 saturated carbocycles. The average molecular weight is 701 g/mol. The van der Waals surface area contributed by atoms with Gasteiger partial charge in [-0.05, 0) is 74.4 Å². The Bertz CT molecular complexity index is 1960. The van der Waals surface area contributed by atoms with Gasteiger partial charge in [-0.2, -0.15) is 10.2 Å². The minimum Gasteiger partial charge on any atom is -0.493 e. The van der Waals surface area contributed by atoms with Crippen LogP contribution in [0, 0.1) is 17.6 Å². The van der Waals surface area contributed by atoms with E-state index in [4.69, 9.17) is 9.47 Å². The lowest BCUT2D eigenvalue weighted by Gasteiger charge is -2.37. The van der Waals surface area contributed by atoms with Gasteiger partial charge in [0.1, 0.15) is 42.0 Å². The zero-order chi connectivity index (χ0) is 35.5. The Morgan fingerprint density at radius 3 is 2.22 bits per heavy atom. The molecule has 0 amide bonds. The second-order valence-electron chi connectivity index (χ2n) is 13.3. The number of rotatable bonds is 12. The Hall–Kier alpha value is -5.08. The van der Waals surface area contributed by atoms with Crippen LogP contribution in [-0.4, -0.2) is 79.7 Å². The van der Waals surface area contributed by atoms with E-state index >= 15 is 0 Å². The molecule has 2 aromatic heterocycles. The number of nitrogens with zero attached hydrogens (tertiary/aromatic N) is 8. The van der Waals surface area contributed by atoms with E-state index in [9.17, 15) is 18.7 Å². The van der Waals surface area contributed by atoms with E-state index < -0.39 is 23.3 Å². The third-order valence-electron chi connectivity index (χ3n) is 9.96. The highest BCUT2D eigenvalue weighted by atomic mass is 19.1. The summed E-state index contributed by atoms with van der Waals surface area (Å²) in [4.78, 5) is 21.7. The quantitative estimate of drug-likeness (QED) is 0.200. The lowest BCUT2D eigenvalue weighted by molar-refractivity contribution is -0.0206. The summed E-state index contributed by atoms with van der Waals surface area (Å²) in [7, 11) is 0. The van der Waals surface area contributed by atoms with E-state index in [2.05, 4.69) is 37.1 Å². The number of hydrogen-bond donors (Lipinski definition) is 1. The molecule has 3 aromatic carbocycles. The number of aromatic nitrogens is 6. The molecule has 4 atom stereocenters. The van der Waals surface area contributed by atoms with Gasteiger partial charge in [0.25, 0.3) is 0 Å². The van der Waals surface area contributed by atoms with E-state index in [1.165, 1.54) is 34.0 Å². The predicted molar refractivity (Wildman–Crippen MR) is 187 cm³/mol. The molecule has 51 heavy (non-hydrogen) atoms. The van der Waals surface area contributed by atoms with E-state index in [0.29, 0.717) is 31.6 Å². The standard InChI is InChI=1S/C37H42F2N8O4/c1-3-35(26(2)48)47-36(49)46(25-42-47)31-7-5-29(6-8-31)43-14-16-44(17-15-43)30-9-11-32(12-10-30)50-20-27-19-37(51-21-27,22-45-24-40-23-41-45)33-13-4-28(38)18-34(33)39/h4-13,18,23-27,35,48H,3,14-17,19-22H2,1-2H3/t26?,27-,35+,37+/m1/s1. The van der Waals surface area contributed by atoms with Gasteiger partial charge in [0.2, 0.25) is 0 Å². The fraction of sp³-hybridized carbons (Fsp3) is 0.405. The summed E-state index contributed by atoms with van der Waals surface area (Å²) in [6, 6.07) is 19.2. The summed E-state index contributed by atoms with van der Waals surface area (Å²) >= 11 is 0. The molecule has 2 fully saturated rings. The van der Waals surface area contributed by atoms with E-state index in [0.717, 1.165) is 55.1 Å². The summed E-state index contributed by atoms with van der Waals surface area (Å²) in [6.07, 6.45) is 4.88. The molecular formula is C37H42F2N8O4. The molecule has 0 aliphatic carbocycles. The van der Waals surface area contributed by atoms with Crippen LogP contribution in [-0.2, 0) is 16.9 Å². The maximum Gasteiger partial charge on any atom is 0.350 e. The van der Waals surface area contributed by atoms with Crippen molar-refractivity contribution in [2.45, 2.75) is 51.0 Å². The van der Waals surface area contributed by atoms with Gasteiger partial charge in [0, 0.05) is 55.1 Å². The molecule has 2 aliphatic rings. The van der Waals surface area contributed by atoms with Gasteiger partial charge in [-0.1, -0.05) is 13.0 Å².